The molecule has 1 amide bonds. The van der Waals surface area contributed by atoms with E-state index in [1.54, 1.807) is 31.6 Å². The SMILES string of the molecule is COc1ccccc1CCCN1CCN(C(=O)c2ccncc2)CC1. The third kappa shape index (κ3) is 4.57. The van der Waals surface area contributed by atoms with Crippen molar-refractivity contribution in [1.29, 1.82) is 0 Å². The molecule has 0 radical (unpaired) electrons. The first-order chi connectivity index (χ1) is 12.3. The van der Waals surface area contributed by atoms with Gasteiger partial charge in [-0.15, -0.1) is 0 Å². The number of benzene rings is 1. The van der Waals surface area contributed by atoms with Crippen LogP contribution < -0.4 is 4.74 Å². The lowest BCUT2D eigenvalue weighted by Gasteiger charge is -2.34. The van der Waals surface area contributed by atoms with Crippen LogP contribution in [0, 0.1) is 0 Å². The average Bonchev–Trinajstić information content (AvgIpc) is 2.69. The zero-order valence-corrected chi connectivity index (χ0v) is 14.7. The molecule has 0 unspecified atom stereocenters. The fourth-order valence-electron chi connectivity index (χ4n) is 3.25. The van der Waals surface area contributed by atoms with Gasteiger partial charge in [-0.05, 0) is 43.1 Å². The Balaban J connectivity index is 1.43. The van der Waals surface area contributed by atoms with Gasteiger partial charge in [0.15, 0.2) is 0 Å². The molecule has 5 heteroatoms. The Kier molecular flexibility index (Phi) is 6.01. The summed E-state index contributed by atoms with van der Waals surface area (Å²) >= 11 is 0. The molecule has 0 spiro atoms. The van der Waals surface area contributed by atoms with E-state index in [1.807, 2.05) is 17.0 Å². The molecule has 0 saturated carbocycles. The minimum absolute atomic E-state index is 0.107. The minimum atomic E-state index is 0.107. The van der Waals surface area contributed by atoms with Crippen molar-refractivity contribution >= 4 is 5.91 Å². The fraction of sp³-hybridized carbons (Fsp3) is 0.400. The number of hydrogen-bond donors (Lipinski definition) is 0. The van der Waals surface area contributed by atoms with Crippen molar-refractivity contribution in [3.63, 3.8) is 0 Å². The number of rotatable bonds is 6. The molecule has 5 nitrogen and oxygen atoms in total. The van der Waals surface area contributed by atoms with Crippen LogP contribution >= 0.6 is 0 Å². The van der Waals surface area contributed by atoms with Crippen molar-refractivity contribution in [2.75, 3.05) is 39.8 Å². The van der Waals surface area contributed by atoms with Crippen molar-refractivity contribution in [3.05, 3.63) is 59.9 Å². The van der Waals surface area contributed by atoms with E-state index in [-0.39, 0.29) is 5.91 Å². The minimum Gasteiger partial charge on any atom is -0.496 e. The zero-order valence-electron chi connectivity index (χ0n) is 14.7. The van der Waals surface area contributed by atoms with E-state index in [9.17, 15) is 4.79 Å². The predicted molar refractivity (Wildman–Crippen MR) is 97.9 cm³/mol. The average molecular weight is 339 g/mol. The monoisotopic (exact) mass is 339 g/mol. The Bertz CT molecular complexity index is 682. The molecule has 1 fully saturated rings. The zero-order chi connectivity index (χ0) is 17.5. The summed E-state index contributed by atoms with van der Waals surface area (Å²) in [5.74, 6) is 1.08. The molecule has 1 aliphatic rings. The van der Waals surface area contributed by atoms with E-state index in [0.717, 1.165) is 56.9 Å². The number of carbonyl (C=O) groups is 1. The molecule has 1 saturated heterocycles. The van der Waals surface area contributed by atoms with Crippen LogP contribution in [0.3, 0.4) is 0 Å². The smallest absolute Gasteiger partial charge is 0.254 e. The number of aromatic nitrogens is 1. The Hall–Kier alpha value is -2.40. The summed E-state index contributed by atoms with van der Waals surface area (Å²) in [6.45, 7) is 4.49. The van der Waals surface area contributed by atoms with Crippen LogP contribution in [0.15, 0.2) is 48.8 Å². The molecule has 3 rings (SSSR count). The number of piperazine rings is 1. The van der Waals surface area contributed by atoms with Crippen molar-refractivity contribution in [2.45, 2.75) is 12.8 Å². The third-order valence-corrected chi connectivity index (χ3v) is 4.70. The maximum atomic E-state index is 12.4. The van der Waals surface area contributed by atoms with Crippen LogP contribution in [0.1, 0.15) is 22.3 Å². The first-order valence-corrected chi connectivity index (χ1v) is 8.81. The highest BCUT2D eigenvalue weighted by Crippen LogP contribution is 2.19. The lowest BCUT2D eigenvalue weighted by Crippen LogP contribution is -2.48. The quantitative estimate of drug-likeness (QED) is 0.811. The predicted octanol–water partition coefficient (Wildman–Crippen LogP) is 2.48. The third-order valence-electron chi connectivity index (χ3n) is 4.70. The van der Waals surface area contributed by atoms with Crippen LogP contribution in [0.25, 0.3) is 0 Å². The van der Waals surface area contributed by atoms with Crippen LogP contribution in [0.2, 0.25) is 0 Å². The summed E-state index contributed by atoms with van der Waals surface area (Å²) in [4.78, 5) is 20.8. The topological polar surface area (TPSA) is 45.7 Å². The highest BCUT2D eigenvalue weighted by molar-refractivity contribution is 5.94. The molecule has 0 aliphatic carbocycles. The van der Waals surface area contributed by atoms with E-state index in [0.29, 0.717) is 0 Å². The van der Waals surface area contributed by atoms with Crippen molar-refractivity contribution in [2.24, 2.45) is 0 Å². The number of pyridine rings is 1. The summed E-state index contributed by atoms with van der Waals surface area (Å²) in [6.07, 6.45) is 5.45. The highest BCUT2D eigenvalue weighted by atomic mass is 16.5. The molecule has 1 aromatic carbocycles. The van der Waals surface area contributed by atoms with Crippen molar-refractivity contribution in [3.8, 4) is 5.75 Å². The van der Waals surface area contributed by atoms with Gasteiger partial charge in [0.25, 0.3) is 5.91 Å². The van der Waals surface area contributed by atoms with Gasteiger partial charge in [0.1, 0.15) is 5.75 Å². The van der Waals surface area contributed by atoms with Crippen LogP contribution in [0.5, 0.6) is 5.75 Å². The lowest BCUT2D eigenvalue weighted by molar-refractivity contribution is 0.0636. The number of methoxy groups -OCH3 is 1. The second-order valence-electron chi connectivity index (χ2n) is 6.29. The first kappa shape index (κ1) is 17.4. The van der Waals surface area contributed by atoms with Gasteiger partial charge in [-0.3, -0.25) is 14.7 Å². The summed E-state index contributed by atoms with van der Waals surface area (Å²) in [5, 5.41) is 0. The Morgan fingerprint density at radius 1 is 1.08 bits per heavy atom. The highest BCUT2D eigenvalue weighted by Gasteiger charge is 2.21. The summed E-state index contributed by atoms with van der Waals surface area (Å²) < 4.78 is 5.41. The number of carbonyl (C=O) groups excluding carboxylic acids is 1. The second-order valence-corrected chi connectivity index (χ2v) is 6.29. The van der Waals surface area contributed by atoms with Gasteiger partial charge in [0.2, 0.25) is 0 Å². The number of aryl methyl sites for hydroxylation is 1. The lowest BCUT2D eigenvalue weighted by atomic mass is 10.1. The van der Waals surface area contributed by atoms with Gasteiger partial charge < -0.3 is 9.64 Å². The van der Waals surface area contributed by atoms with E-state index in [4.69, 9.17) is 4.74 Å². The fourth-order valence-corrected chi connectivity index (χ4v) is 3.25. The molecule has 1 aliphatic heterocycles. The van der Waals surface area contributed by atoms with Gasteiger partial charge in [-0.1, -0.05) is 18.2 Å². The molecule has 132 valence electrons. The largest absolute Gasteiger partial charge is 0.496 e. The number of hydrogen-bond acceptors (Lipinski definition) is 4. The molecule has 25 heavy (non-hydrogen) atoms. The van der Waals surface area contributed by atoms with Crippen molar-refractivity contribution < 1.29 is 9.53 Å². The molecule has 0 atom stereocenters. The van der Waals surface area contributed by atoms with Gasteiger partial charge in [-0.25, -0.2) is 0 Å². The van der Waals surface area contributed by atoms with Gasteiger partial charge in [-0.2, -0.15) is 0 Å². The Labute approximate surface area is 149 Å². The van der Waals surface area contributed by atoms with Crippen LogP contribution in [-0.4, -0.2) is 60.5 Å². The summed E-state index contributed by atoms with van der Waals surface area (Å²) in [5.41, 5.74) is 1.98. The maximum Gasteiger partial charge on any atom is 0.254 e. The maximum absolute atomic E-state index is 12.4. The molecular weight excluding hydrogens is 314 g/mol. The molecule has 2 heterocycles. The van der Waals surface area contributed by atoms with Crippen LogP contribution in [-0.2, 0) is 6.42 Å². The summed E-state index contributed by atoms with van der Waals surface area (Å²) in [6, 6.07) is 11.8. The van der Waals surface area contributed by atoms with Gasteiger partial charge in [0, 0.05) is 44.1 Å². The summed E-state index contributed by atoms with van der Waals surface area (Å²) in [7, 11) is 1.72. The molecule has 2 aromatic rings. The number of nitrogens with zero attached hydrogens (tertiary/aromatic N) is 3. The molecule has 0 bridgehead atoms. The van der Waals surface area contributed by atoms with Crippen molar-refractivity contribution in [1.82, 2.24) is 14.8 Å². The second kappa shape index (κ2) is 8.62. The van der Waals surface area contributed by atoms with E-state index in [1.165, 1.54) is 5.56 Å². The first-order valence-electron chi connectivity index (χ1n) is 8.81. The van der Waals surface area contributed by atoms with E-state index < -0.39 is 0 Å². The standard InChI is InChI=1S/C20H25N3O2/c1-25-19-7-3-2-5-17(19)6-4-12-22-13-15-23(16-14-22)20(24)18-8-10-21-11-9-18/h2-3,5,7-11H,4,6,12-16H2,1H3. The molecule has 0 N–H and O–H groups in total. The molecular formula is C20H25N3O2. The number of ether oxygens (including phenoxy) is 1. The normalized spacial score (nSPS) is 15.2. The number of amides is 1. The Morgan fingerprint density at radius 2 is 1.80 bits per heavy atom. The number of para-hydroxylation sites is 1. The van der Waals surface area contributed by atoms with Gasteiger partial charge >= 0.3 is 0 Å². The molecule has 1 aromatic heterocycles. The van der Waals surface area contributed by atoms with E-state index in [2.05, 4.69) is 22.0 Å². The van der Waals surface area contributed by atoms with Crippen LogP contribution in [0.4, 0.5) is 0 Å². The Morgan fingerprint density at radius 3 is 2.52 bits per heavy atom. The van der Waals surface area contributed by atoms with E-state index >= 15 is 0 Å². The van der Waals surface area contributed by atoms with Gasteiger partial charge in [0.05, 0.1) is 7.11 Å².